The van der Waals surface area contributed by atoms with Crippen LogP contribution in [0.1, 0.15) is 27.2 Å². The predicted octanol–water partition coefficient (Wildman–Crippen LogP) is 3.42. The maximum absolute atomic E-state index is 12.0. The number of aliphatic hydroxyl groups excluding tert-OH is 1. The molecule has 1 aromatic carbocycles. The van der Waals surface area contributed by atoms with Crippen LogP contribution >= 0.6 is 34.5 Å². The van der Waals surface area contributed by atoms with Gasteiger partial charge in [-0.05, 0) is 37.6 Å². The van der Waals surface area contributed by atoms with Crippen LogP contribution in [0.3, 0.4) is 0 Å². The number of benzene rings is 1. The van der Waals surface area contributed by atoms with Gasteiger partial charge < -0.3 is 10.4 Å². The second-order valence-corrected chi connectivity index (χ2v) is 6.73. The first-order valence-corrected chi connectivity index (χ1v) is 7.78. The fraction of sp³-hybridized carbons (Fsp3) is 0.286. The number of amides is 1. The number of aliphatic hydroxyl groups is 1. The Balaban J connectivity index is 2.02. The molecule has 2 aromatic rings. The number of nitrogens with one attached hydrogen (secondary N) is 1. The first-order valence-electron chi connectivity index (χ1n) is 6.21. The maximum Gasteiger partial charge on any atom is 0.253 e. The first kappa shape index (κ1) is 16.2. The molecule has 0 aliphatic heterocycles. The number of halogens is 2. The lowest BCUT2D eigenvalue weighted by atomic mass is 10.1. The van der Waals surface area contributed by atoms with Crippen LogP contribution in [0.5, 0.6) is 0 Å². The Kier molecular flexibility index (Phi) is 5.22. The third kappa shape index (κ3) is 4.17. The summed E-state index contributed by atoms with van der Waals surface area (Å²) in [6.45, 7) is 4.17. The molecule has 21 heavy (non-hydrogen) atoms. The Morgan fingerprint density at radius 2 is 1.95 bits per heavy atom. The molecule has 7 heteroatoms. The van der Waals surface area contributed by atoms with Gasteiger partial charge in [0.2, 0.25) is 0 Å². The van der Waals surface area contributed by atoms with Crippen LogP contribution in [-0.2, 0) is 11.3 Å². The third-order valence-electron chi connectivity index (χ3n) is 2.94. The molecule has 1 atom stereocenters. The normalized spacial score (nSPS) is 12.2. The quantitative estimate of drug-likeness (QED) is 0.893. The average molecular weight is 345 g/mol. The molecule has 1 aromatic heterocycles. The minimum Gasteiger partial charge on any atom is -0.378 e. The van der Waals surface area contributed by atoms with Gasteiger partial charge in [-0.2, -0.15) is 0 Å². The average Bonchev–Trinajstić information content (AvgIpc) is 2.73. The van der Waals surface area contributed by atoms with Crippen LogP contribution in [-0.4, -0.2) is 16.0 Å². The maximum atomic E-state index is 12.0. The van der Waals surface area contributed by atoms with Gasteiger partial charge in [0.25, 0.3) is 5.91 Å². The summed E-state index contributed by atoms with van der Waals surface area (Å²) in [6, 6.07) is 4.56. The lowest BCUT2D eigenvalue weighted by Gasteiger charge is -2.11. The number of aryl methyl sites for hydroxylation is 2. The van der Waals surface area contributed by atoms with Crippen molar-refractivity contribution in [2.24, 2.45) is 0 Å². The zero-order valence-electron chi connectivity index (χ0n) is 11.5. The summed E-state index contributed by atoms with van der Waals surface area (Å²) >= 11 is 13.2. The van der Waals surface area contributed by atoms with Crippen LogP contribution in [0.25, 0.3) is 0 Å². The van der Waals surface area contributed by atoms with E-state index in [-0.39, 0.29) is 6.54 Å². The summed E-state index contributed by atoms with van der Waals surface area (Å²) in [5, 5.41) is 14.2. The first-order chi connectivity index (χ1) is 9.86. The molecule has 0 saturated heterocycles. The number of nitrogens with zero attached hydrogens (tertiary/aromatic N) is 1. The highest BCUT2D eigenvalue weighted by Gasteiger charge is 2.18. The molecule has 0 saturated carbocycles. The van der Waals surface area contributed by atoms with Gasteiger partial charge in [0.05, 0.1) is 12.2 Å². The van der Waals surface area contributed by atoms with Crippen molar-refractivity contribution in [1.29, 1.82) is 0 Å². The number of hydrogen-bond donors (Lipinski definition) is 2. The monoisotopic (exact) mass is 344 g/mol. The standard InChI is InChI=1S/C14H14Cl2N2O2S/c1-7-8(2)21-12(18-7)6-17-14(20)13(19)9-3-10(15)5-11(16)4-9/h3-5,13,19H,6H2,1-2H3,(H,17,20)/t13-/m0/s1. The van der Waals surface area contributed by atoms with E-state index in [0.29, 0.717) is 15.6 Å². The number of hydrogen-bond acceptors (Lipinski definition) is 4. The van der Waals surface area contributed by atoms with Crippen molar-refractivity contribution in [3.05, 3.63) is 49.4 Å². The minimum absolute atomic E-state index is 0.281. The topological polar surface area (TPSA) is 62.2 Å². The second-order valence-electron chi connectivity index (χ2n) is 4.57. The van der Waals surface area contributed by atoms with Crippen molar-refractivity contribution < 1.29 is 9.90 Å². The number of aromatic nitrogens is 1. The van der Waals surface area contributed by atoms with Gasteiger partial charge in [-0.25, -0.2) is 4.98 Å². The number of rotatable bonds is 4. The molecule has 2 rings (SSSR count). The molecule has 4 nitrogen and oxygen atoms in total. The van der Waals surface area contributed by atoms with Crippen molar-refractivity contribution in [2.45, 2.75) is 26.5 Å². The molecule has 0 radical (unpaired) electrons. The van der Waals surface area contributed by atoms with E-state index in [9.17, 15) is 9.90 Å². The van der Waals surface area contributed by atoms with Crippen molar-refractivity contribution in [2.75, 3.05) is 0 Å². The Labute approximate surface area is 136 Å². The highest BCUT2D eigenvalue weighted by atomic mass is 35.5. The van der Waals surface area contributed by atoms with Crippen LogP contribution in [0, 0.1) is 13.8 Å². The fourth-order valence-corrected chi connectivity index (χ4v) is 3.18. The number of carbonyl (C=O) groups excluding carboxylic acids is 1. The molecule has 1 heterocycles. The van der Waals surface area contributed by atoms with Crippen molar-refractivity contribution >= 4 is 40.4 Å². The van der Waals surface area contributed by atoms with E-state index in [1.807, 2.05) is 13.8 Å². The van der Waals surface area contributed by atoms with Gasteiger partial charge in [0, 0.05) is 14.9 Å². The summed E-state index contributed by atoms with van der Waals surface area (Å²) in [5.74, 6) is -0.515. The molecule has 0 fully saturated rings. The van der Waals surface area contributed by atoms with E-state index in [1.165, 1.54) is 23.5 Å². The summed E-state index contributed by atoms with van der Waals surface area (Å²) in [5.41, 5.74) is 1.31. The molecule has 2 N–H and O–H groups in total. The SMILES string of the molecule is Cc1nc(CNC(=O)[C@@H](O)c2cc(Cl)cc(Cl)c2)sc1C. The zero-order chi connectivity index (χ0) is 15.6. The van der Waals surface area contributed by atoms with Crippen LogP contribution in [0.15, 0.2) is 18.2 Å². The molecule has 0 bridgehead atoms. The highest BCUT2D eigenvalue weighted by molar-refractivity contribution is 7.11. The fourth-order valence-electron chi connectivity index (χ4n) is 1.76. The zero-order valence-corrected chi connectivity index (χ0v) is 13.8. The molecule has 112 valence electrons. The lowest BCUT2D eigenvalue weighted by molar-refractivity contribution is -0.129. The Morgan fingerprint density at radius 1 is 1.33 bits per heavy atom. The smallest absolute Gasteiger partial charge is 0.253 e. The Hall–Kier alpha value is -1.14. The predicted molar refractivity (Wildman–Crippen MR) is 84.9 cm³/mol. The lowest BCUT2D eigenvalue weighted by Crippen LogP contribution is -2.28. The van der Waals surface area contributed by atoms with E-state index in [4.69, 9.17) is 23.2 Å². The van der Waals surface area contributed by atoms with Gasteiger partial charge in [-0.15, -0.1) is 11.3 Å². The summed E-state index contributed by atoms with van der Waals surface area (Å²) in [6.07, 6.45) is -1.32. The van der Waals surface area contributed by atoms with Gasteiger partial charge >= 0.3 is 0 Å². The third-order valence-corrected chi connectivity index (χ3v) is 4.44. The Bertz CT molecular complexity index is 633. The second kappa shape index (κ2) is 6.75. The number of thiazole rings is 1. The van der Waals surface area contributed by atoms with Crippen LogP contribution in [0.2, 0.25) is 10.0 Å². The summed E-state index contributed by atoms with van der Waals surface area (Å²) in [4.78, 5) is 17.4. The van der Waals surface area contributed by atoms with Crippen LogP contribution < -0.4 is 5.32 Å². The van der Waals surface area contributed by atoms with Gasteiger partial charge in [-0.3, -0.25) is 4.79 Å². The van der Waals surface area contributed by atoms with Crippen molar-refractivity contribution in [3.63, 3.8) is 0 Å². The molecule has 1 amide bonds. The van der Waals surface area contributed by atoms with Crippen molar-refractivity contribution in [3.8, 4) is 0 Å². The minimum atomic E-state index is -1.32. The van der Waals surface area contributed by atoms with Gasteiger partial charge in [-0.1, -0.05) is 23.2 Å². The molecular formula is C14H14Cl2N2O2S. The van der Waals surface area contributed by atoms with E-state index in [0.717, 1.165) is 15.6 Å². The molecular weight excluding hydrogens is 331 g/mol. The Morgan fingerprint density at radius 3 is 2.48 bits per heavy atom. The van der Waals surface area contributed by atoms with E-state index in [1.54, 1.807) is 6.07 Å². The molecule has 0 unspecified atom stereocenters. The summed E-state index contributed by atoms with van der Waals surface area (Å²) < 4.78 is 0. The highest BCUT2D eigenvalue weighted by Crippen LogP contribution is 2.24. The molecule has 0 aliphatic carbocycles. The van der Waals surface area contributed by atoms with Gasteiger partial charge in [0.15, 0.2) is 6.10 Å². The van der Waals surface area contributed by atoms with E-state index < -0.39 is 12.0 Å². The van der Waals surface area contributed by atoms with Gasteiger partial charge in [0.1, 0.15) is 5.01 Å². The van der Waals surface area contributed by atoms with Crippen molar-refractivity contribution in [1.82, 2.24) is 10.3 Å². The van der Waals surface area contributed by atoms with E-state index in [2.05, 4.69) is 10.3 Å². The molecule has 0 spiro atoms. The number of carbonyl (C=O) groups is 1. The van der Waals surface area contributed by atoms with Crippen LogP contribution in [0.4, 0.5) is 0 Å². The molecule has 0 aliphatic rings. The largest absolute Gasteiger partial charge is 0.378 e. The summed E-state index contributed by atoms with van der Waals surface area (Å²) in [7, 11) is 0. The van der Waals surface area contributed by atoms with E-state index >= 15 is 0 Å².